The Morgan fingerprint density at radius 1 is 1.32 bits per heavy atom. The number of rotatable bonds is 4. The summed E-state index contributed by atoms with van der Waals surface area (Å²) in [5, 5.41) is 7.35. The summed E-state index contributed by atoms with van der Waals surface area (Å²) in [6, 6.07) is -0.186. The molecule has 1 aliphatic rings. The summed E-state index contributed by atoms with van der Waals surface area (Å²) in [4.78, 5) is 11.6. The van der Waals surface area contributed by atoms with E-state index in [4.69, 9.17) is 5.73 Å². The molecular formula is C13H20N6. The Morgan fingerprint density at radius 3 is 2.89 bits per heavy atom. The third-order valence-corrected chi connectivity index (χ3v) is 3.84. The minimum atomic E-state index is -0.186. The molecule has 3 rings (SSSR count). The summed E-state index contributed by atoms with van der Waals surface area (Å²) in [7, 11) is 0. The van der Waals surface area contributed by atoms with Crippen molar-refractivity contribution in [3.8, 4) is 0 Å². The van der Waals surface area contributed by atoms with Gasteiger partial charge in [-0.25, -0.2) is 9.97 Å². The van der Waals surface area contributed by atoms with Gasteiger partial charge < -0.3 is 10.7 Å². The average molecular weight is 260 g/mol. The molecule has 19 heavy (non-hydrogen) atoms. The van der Waals surface area contributed by atoms with Gasteiger partial charge in [0.05, 0.1) is 12.4 Å². The van der Waals surface area contributed by atoms with Gasteiger partial charge in [-0.05, 0) is 12.8 Å². The van der Waals surface area contributed by atoms with Crippen LogP contribution in [0.4, 0.5) is 0 Å². The third kappa shape index (κ3) is 2.84. The molecule has 102 valence electrons. The van der Waals surface area contributed by atoms with Crippen molar-refractivity contribution in [2.24, 2.45) is 5.73 Å². The average Bonchev–Trinajstić information content (AvgIpc) is 3.10. The van der Waals surface area contributed by atoms with Crippen LogP contribution in [0.1, 0.15) is 61.4 Å². The summed E-state index contributed by atoms with van der Waals surface area (Å²) < 4.78 is 0. The Bertz CT molecular complexity index is 497. The first-order chi connectivity index (χ1) is 9.33. The van der Waals surface area contributed by atoms with Crippen LogP contribution < -0.4 is 5.73 Å². The number of nitrogens with one attached hydrogen (secondary N) is 2. The van der Waals surface area contributed by atoms with E-state index in [1.807, 2.05) is 0 Å². The normalized spacial score (nSPS) is 18.6. The molecule has 0 aromatic carbocycles. The van der Waals surface area contributed by atoms with Crippen LogP contribution in [-0.2, 0) is 6.42 Å². The van der Waals surface area contributed by atoms with Gasteiger partial charge >= 0.3 is 0 Å². The maximum Gasteiger partial charge on any atom is 0.167 e. The monoisotopic (exact) mass is 260 g/mol. The van der Waals surface area contributed by atoms with Gasteiger partial charge in [0.25, 0.3) is 0 Å². The van der Waals surface area contributed by atoms with Gasteiger partial charge in [-0.3, -0.25) is 5.10 Å². The summed E-state index contributed by atoms with van der Waals surface area (Å²) in [5.74, 6) is 2.25. The van der Waals surface area contributed by atoms with Crippen molar-refractivity contribution in [2.45, 2.75) is 50.5 Å². The summed E-state index contributed by atoms with van der Waals surface area (Å²) in [6.45, 7) is 0. The third-order valence-electron chi connectivity index (χ3n) is 3.84. The van der Waals surface area contributed by atoms with Crippen LogP contribution in [-0.4, -0.2) is 25.1 Å². The van der Waals surface area contributed by atoms with Crippen LogP contribution in [0, 0.1) is 0 Å². The number of H-pyrrole nitrogens is 2. The largest absolute Gasteiger partial charge is 0.348 e. The van der Waals surface area contributed by atoms with E-state index < -0.39 is 0 Å². The minimum absolute atomic E-state index is 0.186. The lowest BCUT2D eigenvalue weighted by Crippen LogP contribution is -2.15. The Kier molecular flexibility index (Phi) is 3.59. The summed E-state index contributed by atoms with van der Waals surface area (Å²) >= 11 is 0. The summed E-state index contributed by atoms with van der Waals surface area (Å²) in [5.41, 5.74) is 7.15. The van der Waals surface area contributed by atoms with Crippen LogP contribution in [0.15, 0.2) is 12.5 Å². The number of nitrogens with zero attached hydrogens (tertiary/aromatic N) is 3. The highest BCUT2D eigenvalue weighted by Gasteiger charge is 2.21. The van der Waals surface area contributed by atoms with Crippen LogP contribution in [0.2, 0.25) is 0 Å². The van der Waals surface area contributed by atoms with Gasteiger partial charge in [-0.2, -0.15) is 5.10 Å². The number of aromatic amines is 2. The second-order valence-electron chi connectivity index (χ2n) is 5.30. The molecule has 2 aromatic rings. The van der Waals surface area contributed by atoms with Crippen molar-refractivity contribution >= 4 is 0 Å². The van der Waals surface area contributed by atoms with E-state index in [1.54, 1.807) is 12.5 Å². The second kappa shape index (κ2) is 5.52. The molecule has 6 nitrogen and oxygen atoms in total. The van der Waals surface area contributed by atoms with Gasteiger partial charge in [0.15, 0.2) is 5.82 Å². The topological polar surface area (TPSA) is 96.3 Å². The molecule has 0 bridgehead atoms. The van der Waals surface area contributed by atoms with Gasteiger partial charge in [0.1, 0.15) is 5.82 Å². The minimum Gasteiger partial charge on any atom is -0.348 e. The molecule has 0 saturated heterocycles. The first-order valence-electron chi connectivity index (χ1n) is 6.98. The van der Waals surface area contributed by atoms with Crippen LogP contribution in [0.3, 0.4) is 0 Å². The van der Waals surface area contributed by atoms with Crippen molar-refractivity contribution in [1.29, 1.82) is 0 Å². The fraction of sp³-hybridized carbons (Fsp3) is 0.615. The molecule has 1 fully saturated rings. The maximum atomic E-state index is 6.14. The Morgan fingerprint density at radius 2 is 2.16 bits per heavy atom. The fourth-order valence-corrected chi connectivity index (χ4v) is 2.74. The molecule has 1 aliphatic carbocycles. The maximum absolute atomic E-state index is 6.14. The van der Waals surface area contributed by atoms with Gasteiger partial charge in [-0.1, -0.05) is 19.3 Å². The van der Waals surface area contributed by atoms with Crippen molar-refractivity contribution < 1.29 is 0 Å². The van der Waals surface area contributed by atoms with E-state index in [1.165, 1.54) is 32.1 Å². The van der Waals surface area contributed by atoms with Crippen molar-refractivity contribution in [1.82, 2.24) is 25.1 Å². The zero-order chi connectivity index (χ0) is 13.1. The van der Waals surface area contributed by atoms with Crippen molar-refractivity contribution in [3.05, 3.63) is 29.9 Å². The van der Waals surface area contributed by atoms with E-state index in [2.05, 4.69) is 25.1 Å². The first-order valence-corrected chi connectivity index (χ1v) is 6.98. The standard InChI is InChI=1S/C13H20N6/c14-11(6-10-7-15-8-16-10)13-17-12(18-19-13)9-4-2-1-3-5-9/h7-9,11H,1-6,14H2,(H,15,16)(H,17,18,19)/t11-/m1/s1. The predicted molar refractivity (Wildman–Crippen MR) is 71.4 cm³/mol. The molecule has 4 N–H and O–H groups in total. The van der Waals surface area contributed by atoms with E-state index >= 15 is 0 Å². The molecule has 1 saturated carbocycles. The number of hydrogen-bond donors (Lipinski definition) is 3. The highest BCUT2D eigenvalue weighted by atomic mass is 15.2. The SMILES string of the molecule is N[C@H](Cc1cnc[nH]1)c1n[nH]c(C2CCCCC2)n1. The highest BCUT2D eigenvalue weighted by molar-refractivity contribution is 5.06. The first kappa shape index (κ1) is 12.3. The zero-order valence-electron chi connectivity index (χ0n) is 11.0. The lowest BCUT2D eigenvalue weighted by Gasteiger charge is -2.18. The van der Waals surface area contributed by atoms with Gasteiger partial charge in [0.2, 0.25) is 0 Å². The zero-order valence-corrected chi connectivity index (χ0v) is 11.0. The number of hydrogen-bond acceptors (Lipinski definition) is 4. The molecule has 0 spiro atoms. The number of aromatic nitrogens is 5. The van der Waals surface area contributed by atoms with Crippen molar-refractivity contribution in [2.75, 3.05) is 0 Å². The van der Waals surface area contributed by atoms with Crippen LogP contribution in [0.5, 0.6) is 0 Å². The van der Waals surface area contributed by atoms with Crippen molar-refractivity contribution in [3.63, 3.8) is 0 Å². The number of imidazole rings is 1. The van der Waals surface area contributed by atoms with E-state index in [0.29, 0.717) is 18.2 Å². The number of nitrogens with two attached hydrogens (primary N) is 1. The molecule has 0 unspecified atom stereocenters. The Labute approximate surface area is 112 Å². The molecule has 0 aliphatic heterocycles. The van der Waals surface area contributed by atoms with Crippen LogP contribution >= 0.6 is 0 Å². The molecule has 6 heteroatoms. The van der Waals surface area contributed by atoms with E-state index in [0.717, 1.165) is 11.5 Å². The van der Waals surface area contributed by atoms with Gasteiger partial charge in [0, 0.05) is 24.2 Å². The molecular weight excluding hydrogens is 240 g/mol. The highest BCUT2D eigenvalue weighted by Crippen LogP contribution is 2.30. The lowest BCUT2D eigenvalue weighted by atomic mass is 9.89. The second-order valence-corrected chi connectivity index (χ2v) is 5.30. The lowest BCUT2D eigenvalue weighted by molar-refractivity contribution is 0.429. The van der Waals surface area contributed by atoms with E-state index in [-0.39, 0.29) is 6.04 Å². The molecule has 0 amide bonds. The molecule has 2 aromatic heterocycles. The Balaban J connectivity index is 1.66. The quantitative estimate of drug-likeness (QED) is 0.781. The van der Waals surface area contributed by atoms with Gasteiger partial charge in [-0.15, -0.1) is 0 Å². The Hall–Kier alpha value is -1.69. The smallest absolute Gasteiger partial charge is 0.167 e. The van der Waals surface area contributed by atoms with E-state index in [9.17, 15) is 0 Å². The predicted octanol–water partition coefficient (Wildman–Crippen LogP) is 1.82. The molecule has 1 atom stereocenters. The summed E-state index contributed by atoms with van der Waals surface area (Å²) in [6.07, 6.45) is 10.5. The molecule has 0 radical (unpaired) electrons. The molecule has 2 heterocycles. The van der Waals surface area contributed by atoms with Crippen LogP contribution in [0.25, 0.3) is 0 Å². The fourth-order valence-electron chi connectivity index (χ4n) is 2.74.